The molecule has 1 saturated heterocycles. The molecule has 1 aliphatic heterocycles. The van der Waals surface area contributed by atoms with Crippen LogP contribution < -0.4 is 10.9 Å². The second kappa shape index (κ2) is 9.32. The Morgan fingerprint density at radius 3 is 2.64 bits per heavy atom. The fourth-order valence-corrected chi connectivity index (χ4v) is 3.91. The van der Waals surface area contributed by atoms with Crippen molar-refractivity contribution in [3.63, 3.8) is 0 Å². The Morgan fingerprint density at radius 2 is 1.94 bits per heavy atom. The van der Waals surface area contributed by atoms with Crippen LogP contribution in [0.1, 0.15) is 56.7 Å². The van der Waals surface area contributed by atoms with Crippen molar-refractivity contribution in [1.29, 1.82) is 0 Å². The van der Waals surface area contributed by atoms with E-state index < -0.39 is 0 Å². The third-order valence-electron chi connectivity index (χ3n) is 5.75. The summed E-state index contributed by atoms with van der Waals surface area (Å²) < 4.78 is 14.4. The number of likely N-dealkylation sites (tertiary alicyclic amines) is 1. The zero-order chi connectivity index (χ0) is 23.5. The predicted molar refractivity (Wildman–Crippen MR) is 119 cm³/mol. The molecule has 3 heterocycles. The zero-order valence-electron chi connectivity index (χ0n) is 18.4. The molecule has 33 heavy (non-hydrogen) atoms. The van der Waals surface area contributed by atoms with E-state index in [4.69, 9.17) is 0 Å². The molecule has 1 atom stereocenters. The van der Waals surface area contributed by atoms with E-state index in [1.54, 1.807) is 31.0 Å². The molecule has 170 valence electrons. The maximum atomic E-state index is 13.1. The Balaban J connectivity index is 1.48. The number of nitrogens with one attached hydrogen (secondary N) is 1. The number of aryl methyl sites for hydroxylation is 2. The van der Waals surface area contributed by atoms with Crippen molar-refractivity contribution in [2.75, 3.05) is 6.54 Å². The van der Waals surface area contributed by atoms with Gasteiger partial charge in [-0.15, -0.1) is 0 Å². The number of nitrogens with zero attached hydrogens (tertiary/aromatic N) is 4. The number of hydrogen-bond donors (Lipinski definition) is 1. The van der Waals surface area contributed by atoms with Gasteiger partial charge in [-0.2, -0.15) is 0 Å². The van der Waals surface area contributed by atoms with Crippen LogP contribution in [0.3, 0.4) is 0 Å². The minimum atomic E-state index is -0.333. The third-order valence-corrected chi connectivity index (χ3v) is 5.75. The number of carbonyl (C=O) groups excluding carboxylic acids is 2. The van der Waals surface area contributed by atoms with Crippen LogP contribution >= 0.6 is 0 Å². The smallest absolute Gasteiger partial charge is 0.255 e. The summed E-state index contributed by atoms with van der Waals surface area (Å²) in [5, 5.41) is 2.79. The van der Waals surface area contributed by atoms with Crippen LogP contribution in [0.4, 0.5) is 4.39 Å². The van der Waals surface area contributed by atoms with Crippen molar-refractivity contribution in [2.45, 2.75) is 32.4 Å². The molecular formula is C24H24FN5O3. The van der Waals surface area contributed by atoms with Gasteiger partial charge in [0.25, 0.3) is 11.8 Å². The molecule has 4 rings (SSSR count). The molecule has 3 aromatic rings. The first-order valence-corrected chi connectivity index (χ1v) is 10.7. The molecule has 1 unspecified atom stereocenters. The lowest BCUT2D eigenvalue weighted by atomic mass is 10.1. The fourth-order valence-electron chi connectivity index (χ4n) is 3.91. The molecule has 9 heteroatoms. The summed E-state index contributed by atoms with van der Waals surface area (Å²) in [6.45, 7) is 2.55. The van der Waals surface area contributed by atoms with Gasteiger partial charge in [0.05, 0.1) is 22.9 Å². The molecule has 8 nitrogen and oxygen atoms in total. The molecule has 0 radical (unpaired) electrons. The Hall–Kier alpha value is -3.88. The summed E-state index contributed by atoms with van der Waals surface area (Å²) >= 11 is 0. The number of halogens is 1. The largest absolute Gasteiger partial charge is 0.348 e. The maximum absolute atomic E-state index is 13.1. The van der Waals surface area contributed by atoms with Crippen molar-refractivity contribution >= 4 is 11.8 Å². The van der Waals surface area contributed by atoms with Gasteiger partial charge in [0.1, 0.15) is 5.82 Å². The molecule has 0 aliphatic carbocycles. The van der Waals surface area contributed by atoms with E-state index >= 15 is 0 Å². The highest BCUT2D eigenvalue weighted by molar-refractivity contribution is 5.95. The highest BCUT2D eigenvalue weighted by atomic mass is 19.1. The Labute approximate surface area is 190 Å². The van der Waals surface area contributed by atoms with Gasteiger partial charge >= 0.3 is 0 Å². The maximum Gasteiger partial charge on any atom is 0.255 e. The molecule has 2 amide bonds. The molecule has 1 fully saturated rings. The van der Waals surface area contributed by atoms with Crippen molar-refractivity contribution in [2.24, 2.45) is 7.05 Å². The van der Waals surface area contributed by atoms with Crippen LogP contribution in [0, 0.1) is 12.7 Å². The first-order chi connectivity index (χ1) is 15.8. The Morgan fingerprint density at radius 1 is 1.18 bits per heavy atom. The molecule has 0 saturated carbocycles. The molecule has 1 N–H and O–H groups in total. The molecule has 2 aromatic heterocycles. The van der Waals surface area contributed by atoms with Crippen LogP contribution in [-0.2, 0) is 13.6 Å². The summed E-state index contributed by atoms with van der Waals surface area (Å²) in [7, 11) is 1.60. The average molecular weight is 449 g/mol. The lowest BCUT2D eigenvalue weighted by Crippen LogP contribution is -2.33. The SMILES string of the molecule is Cc1nc(C2CCCN2C(=O)c2ccc(=O)n(C)c2)ncc1C(=O)NCc1ccc(F)cc1. The molecule has 0 bridgehead atoms. The Bertz CT molecular complexity index is 1260. The number of pyridine rings is 1. The second-order valence-corrected chi connectivity index (χ2v) is 8.06. The number of benzene rings is 1. The second-order valence-electron chi connectivity index (χ2n) is 8.06. The van der Waals surface area contributed by atoms with Gasteiger partial charge < -0.3 is 14.8 Å². The van der Waals surface area contributed by atoms with Gasteiger partial charge in [-0.25, -0.2) is 14.4 Å². The lowest BCUT2D eigenvalue weighted by Gasteiger charge is -2.24. The summed E-state index contributed by atoms with van der Waals surface area (Å²) in [5.41, 5.74) is 1.88. The highest BCUT2D eigenvalue weighted by Crippen LogP contribution is 2.31. The monoisotopic (exact) mass is 449 g/mol. The van der Waals surface area contributed by atoms with E-state index in [9.17, 15) is 18.8 Å². The summed E-state index contributed by atoms with van der Waals surface area (Å²) in [6.07, 6.45) is 4.53. The van der Waals surface area contributed by atoms with Crippen LogP contribution in [-0.4, -0.2) is 37.8 Å². The number of rotatable bonds is 5. The summed E-state index contributed by atoms with van der Waals surface area (Å²) in [6, 6.07) is 8.50. The predicted octanol–water partition coefficient (Wildman–Crippen LogP) is 2.53. The van der Waals surface area contributed by atoms with E-state index in [1.165, 1.54) is 41.2 Å². The van der Waals surface area contributed by atoms with Crippen molar-refractivity contribution in [3.05, 3.63) is 93.2 Å². The Kier molecular flexibility index (Phi) is 6.30. The fraction of sp³-hybridized carbons (Fsp3) is 0.292. The van der Waals surface area contributed by atoms with Gasteiger partial charge in [-0.1, -0.05) is 12.1 Å². The van der Waals surface area contributed by atoms with Crippen molar-refractivity contribution < 1.29 is 14.0 Å². The third kappa shape index (κ3) is 4.82. The molecule has 1 aromatic carbocycles. The lowest BCUT2D eigenvalue weighted by molar-refractivity contribution is 0.0728. The zero-order valence-corrected chi connectivity index (χ0v) is 18.4. The van der Waals surface area contributed by atoms with E-state index in [2.05, 4.69) is 15.3 Å². The van der Waals surface area contributed by atoms with Crippen molar-refractivity contribution in [1.82, 2.24) is 24.8 Å². The highest BCUT2D eigenvalue weighted by Gasteiger charge is 2.33. The normalized spacial score (nSPS) is 15.5. The first-order valence-electron chi connectivity index (χ1n) is 10.7. The topological polar surface area (TPSA) is 97.2 Å². The number of amides is 2. The number of aromatic nitrogens is 3. The van der Waals surface area contributed by atoms with Crippen LogP contribution in [0.15, 0.2) is 53.6 Å². The van der Waals surface area contributed by atoms with Crippen LogP contribution in [0.5, 0.6) is 0 Å². The first kappa shape index (κ1) is 22.3. The molecule has 0 spiro atoms. The van der Waals surface area contributed by atoms with Crippen molar-refractivity contribution in [3.8, 4) is 0 Å². The molecular weight excluding hydrogens is 425 g/mol. The minimum Gasteiger partial charge on any atom is -0.348 e. The summed E-state index contributed by atoms with van der Waals surface area (Å²) in [4.78, 5) is 47.9. The number of carbonyl (C=O) groups is 2. The summed E-state index contributed by atoms with van der Waals surface area (Å²) in [5.74, 6) is -0.359. The standard InChI is InChI=1S/C24H24FN5O3/c1-15-19(23(32)27-12-16-5-8-18(25)9-6-16)13-26-22(28-15)20-4-3-11-30(20)24(33)17-7-10-21(31)29(2)14-17/h5-10,13-14,20H,3-4,11-12H2,1-2H3,(H,27,32). The van der Waals surface area contributed by atoms with Crippen LogP contribution in [0.25, 0.3) is 0 Å². The van der Waals surface area contributed by atoms with Crippen LogP contribution in [0.2, 0.25) is 0 Å². The average Bonchev–Trinajstić information content (AvgIpc) is 3.29. The van der Waals surface area contributed by atoms with E-state index in [1.807, 2.05) is 0 Å². The van der Waals surface area contributed by atoms with Gasteiger partial charge in [0.2, 0.25) is 5.56 Å². The van der Waals surface area contributed by atoms with E-state index in [0.717, 1.165) is 12.0 Å². The number of hydrogen-bond acceptors (Lipinski definition) is 5. The van der Waals surface area contributed by atoms with Gasteiger partial charge in [0.15, 0.2) is 5.82 Å². The van der Waals surface area contributed by atoms with E-state index in [0.29, 0.717) is 35.6 Å². The minimum absolute atomic E-state index is 0.184. The van der Waals surface area contributed by atoms with Gasteiger partial charge in [-0.05, 0) is 43.5 Å². The van der Waals surface area contributed by atoms with Gasteiger partial charge in [0, 0.05) is 38.6 Å². The van der Waals surface area contributed by atoms with Gasteiger partial charge in [-0.3, -0.25) is 14.4 Å². The van der Waals surface area contributed by atoms with E-state index in [-0.39, 0.29) is 35.8 Å². The molecule has 1 aliphatic rings. The quantitative estimate of drug-likeness (QED) is 0.646.